The third kappa shape index (κ3) is 4.19. The average molecular weight is 431 g/mol. The molecule has 1 aromatic carbocycles. The number of thiazole rings is 1. The Morgan fingerprint density at radius 3 is 2.77 bits per heavy atom. The highest BCUT2D eigenvalue weighted by atomic mass is 32.1. The molecule has 0 spiro atoms. The number of halogens is 1. The second-order valence-electron chi connectivity index (χ2n) is 7.93. The Labute approximate surface area is 180 Å². The minimum Gasteiger partial charge on any atom is -0.345 e. The van der Waals surface area contributed by atoms with Gasteiger partial charge in [0.15, 0.2) is 5.13 Å². The molecule has 0 saturated carbocycles. The number of aromatic nitrogens is 1. The Morgan fingerprint density at radius 2 is 2.03 bits per heavy atom. The molecule has 1 aliphatic heterocycles. The summed E-state index contributed by atoms with van der Waals surface area (Å²) in [5, 5.41) is 3.89. The zero-order valence-electron chi connectivity index (χ0n) is 17.4. The van der Waals surface area contributed by atoms with E-state index in [1.807, 2.05) is 11.8 Å². The van der Waals surface area contributed by atoms with E-state index < -0.39 is 0 Å². The molecule has 1 fully saturated rings. The van der Waals surface area contributed by atoms with Crippen LogP contribution in [0.4, 0.5) is 15.2 Å². The van der Waals surface area contributed by atoms with Crippen molar-refractivity contribution in [2.24, 2.45) is 5.92 Å². The molecule has 1 atom stereocenters. The monoisotopic (exact) mass is 430 g/mol. The van der Waals surface area contributed by atoms with Gasteiger partial charge >= 0.3 is 0 Å². The summed E-state index contributed by atoms with van der Waals surface area (Å²) in [6.07, 6.45) is 2.74. The van der Waals surface area contributed by atoms with Crippen LogP contribution in [0.15, 0.2) is 18.2 Å². The van der Waals surface area contributed by atoms with Gasteiger partial charge in [0.05, 0.1) is 5.69 Å². The third-order valence-electron chi connectivity index (χ3n) is 6.03. The van der Waals surface area contributed by atoms with Gasteiger partial charge in [0, 0.05) is 54.6 Å². The van der Waals surface area contributed by atoms with Gasteiger partial charge in [-0.1, -0.05) is 13.0 Å². The fraction of sp³-hybridized carbons (Fsp3) is 0.500. The van der Waals surface area contributed by atoms with Crippen LogP contribution in [0.5, 0.6) is 0 Å². The topological polar surface area (TPSA) is 65.5 Å². The van der Waals surface area contributed by atoms with Crippen LogP contribution in [0.2, 0.25) is 0 Å². The molecule has 1 saturated heterocycles. The summed E-state index contributed by atoms with van der Waals surface area (Å²) in [7, 11) is 0. The highest BCUT2D eigenvalue weighted by molar-refractivity contribution is 7.15. The maximum absolute atomic E-state index is 13.8. The van der Waals surface area contributed by atoms with Gasteiger partial charge in [0.2, 0.25) is 11.8 Å². The quantitative estimate of drug-likeness (QED) is 0.808. The first-order valence-electron chi connectivity index (χ1n) is 10.5. The Morgan fingerprint density at radius 1 is 1.27 bits per heavy atom. The molecule has 0 bridgehead atoms. The summed E-state index contributed by atoms with van der Waals surface area (Å²) in [5.74, 6) is -0.300. The molecule has 8 heteroatoms. The number of piperazine rings is 1. The average Bonchev–Trinajstić information content (AvgIpc) is 3.20. The molecule has 2 amide bonds. The van der Waals surface area contributed by atoms with Crippen molar-refractivity contribution in [3.63, 3.8) is 0 Å². The Hall–Kier alpha value is -2.48. The second kappa shape index (κ2) is 8.71. The molecule has 1 unspecified atom stereocenters. The maximum atomic E-state index is 13.8. The largest absolute Gasteiger partial charge is 0.345 e. The molecule has 30 heavy (non-hydrogen) atoms. The second-order valence-corrected chi connectivity index (χ2v) is 8.99. The van der Waals surface area contributed by atoms with Gasteiger partial charge < -0.3 is 15.1 Å². The van der Waals surface area contributed by atoms with E-state index in [2.05, 4.69) is 10.2 Å². The van der Waals surface area contributed by atoms with Crippen molar-refractivity contribution in [3.05, 3.63) is 40.2 Å². The number of fused-ring (bicyclic) bond motifs is 1. The summed E-state index contributed by atoms with van der Waals surface area (Å²) < 4.78 is 13.8. The Balaban J connectivity index is 1.39. The van der Waals surface area contributed by atoms with Crippen molar-refractivity contribution >= 4 is 34.0 Å². The van der Waals surface area contributed by atoms with Crippen LogP contribution in [-0.2, 0) is 22.4 Å². The van der Waals surface area contributed by atoms with Crippen molar-refractivity contribution in [1.29, 1.82) is 0 Å². The van der Waals surface area contributed by atoms with Crippen LogP contribution >= 0.6 is 11.3 Å². The van der Waals surface area contributed by atoms with E-state index in [1.54, 1.807) is 30.4 Å². The molecule has 0 radical (unpaired) electrons. The van der Waals surface area contributed by atoms with Gasteiger partial charge in [0.1, 0.15) is 5.82 Å². The first-order chi connectivity index (χ1) is 14.5. The van der Waals surface area contributed by atoms with E-state index in [0.29, 0.717) is 24.1 Å². The summed E-state index contributed by atoms with van der Waals surface area (Å²) in [5.41, 5.74) is 2.09. The van der Waals surface area contributed by atoms with Gasteiger partial charge in [-0.15, -0.1) is 11.3 Å². The third-order valence-corrected chi connectivity index (χ3v) is 7.21. The lowest BCUT2D eigenvalue weighted by Crippen LogP contribution is -2.48. The normalized spacial score (nSPS) is 18.8. The smallest absolute Gasteiger partial charge is 0.227 e. The molecular weight excluding hydrogens is 403 g/mol. The van der Waals surface area contributed by atoms with Gasteiger partial charge in [0.25, 0.3) is 0 Å². The lowest BCUT2D eigenvalue weighted by molar-refractivity contribution is -0.131. The van der Waals surface area contributed by atoms with E-state index in [0.717, 1.165) is 49.8 Å². The van der Waals surface area contributed by atoms with Gasteiger partial charge in [-0.25, -0.2) is 9.37 Å². The minimum absolute atomic E-state index is 0.0593. The van der Waals surface area contributed by atoms with E-state index >= 15 is 0 Å². The van der Waals surface area contributed by atoms with Crippen molar-refractivity contribution in [3.8, 4) is 0 Å². The number of benzene rings is 1. The summed E-state index contributed by atoms with van der Waals surface area (Å²) in [6.45, 7) is 6.62. The van der Waals surface area contributed by atoms with Crippen LogP contribution in [0.3, 0.4) is 0 Å². The lowest BCUT2D eigenvalue weighted by atomic mass is 9.90. The zero-order valence-corrected chi connectivity index (χ0v) is 18.2. The molecule has 1 N–H and O–H groups in total. The number of anilines is 2. The van der Waals surface area contributed by atoms with Gasteiger partial charge in [-0.2, -0.15) is 0 Å². The van der Waals surface area contributed by atoms with E-state index in [4.69, 9.17) is 4.98 Å². The van der Waals surface area contributed by atoms with Crippen LogP contribution in [-0.4, -0.2) is 47.9 Å². The standard InChI is InChI=1S/C22H27FN4O2S/c1-3-20(28)26-9-11-27(12-10-26)22-25-18-8-7-15(13-19(18)30-22)21(29)24-17-6-4-5-16(23)14(17)2/h4-6,15H,3,7-13H2,1-2H3,(H,24,29). The molecule has 4 rings (SSSR count). The first kappa shape index (κ1) is 20.8. The molecule has 2 aliphatic rings. The number of hydrogen-bond donors (Lipinski definition) is 1. The summed E-state index contributed by atoms with van der Waals surface area (Å²) >= 11 is 1.66. The number of aryl methyl sites for hydroxylation is 1. The number of hydrogen-bond acceptors (Lipinski definition) is 5. The van der Waals surface area contributed by atoms with Crippen molar-refractivity contribution in [2.75, 3.05) is 36.4 Å². The fourth-order valence-electron chi connectivity index (χ4n) is 4.07. The minimum atomic E-state index is -0.313. The van der Waals surface area contributed by atoms with E-state index in [9.17, 15) is 14.0 Å². The Bertz CT molecular complexity index is 953. The zero-order chi connectivity index (χ0) is 21.3. The SMILES string of the molecule is CCC(=O)N1CCN(c2nc3c(s2)CC(C(=O)Nc2cccc(F)c2C)CC3)CC1. The van der Waals surface area contributed by atoms with Gasteiger partial charge in [-0.3, -0.25) is 9.59 Å². The van der Waals surface area contributed by atoms with Crippen LogP contribution in [0.25, 0.3) is 0 Å². The van der Waals surface area contributed by atoms with Crippen molar-refractivity contribution in [2.45, 2.75) is 39.5 Å². The number of carbonyl (C=O) groups excluding carboxylic acids is 2. The number of carbonyl (C=O) groups is 2. The molecule has 160 valence electrons. The predicted molar refractivity (Wildman–Crippen MR) is 116 cm³/mol. The maximum Gasteiger partial charge on any atom is 0.227 e. The van der Waals surface area contributed by atoms with E-state index in [1.165, 1.54) is 10.9 Å². The number of amides is 2. The van der Waals surface area contributed by atoms with E-state index in [-0.39, 0.29) is 23.5 Å². The van der Waals surface area contributed by atoms with Crippen LogP contribution in [0.1, 0.15) is 35.9 Å². The molecule has 1 aliphatic carbocycles. The van der Waals surface area contributed by atoms with Crippen molar-refractivity contribution in [1.82, 2.24) is 9.88 Å². The summed E-state index contributed by atoms with van der Waals surface area (Å²) in [6, 6.07) is 4.74. The van der Waals surface area contributed by atoms with Crippen molar-refractivity contribution < 1.29 is 14.0 Å². The predicted octanol–water partition coefficient (Wildman–Crippen LogP) is 3.39. The molecule has 2 heterocycles. The molecular formula is C22H27FN4O2S. The number of nitrogens with one attached hydrogen (secondary N) is 1. The molecule has 2 aromatic rings. The highest BCUT2D eigenvalue weighted by Gasteiger charge is 2.30. The van der Waals surface area contributed by atoms with Gasteiger partial charge in [-0.05, 0) is 38.3 Å². The summed E-state index contributed by atoms with van der Waals surface area (Å²) in [4.78, 5) is 34.8. The Kier molecular flexibility index (Phi) is 6.04. The van der Waals surface area contributed by atoms with Crippen LogP contribution in [0, 0.1) is 18.7 Å². The molecule has 6 nitrogen and oxygen atoms in total. The highest BCUT2D eigenvalue weighted by Crippen LogP contribution is 2.35. The van der Waals surface area contributed by atoms with Crippen LogP contribution < -0.4 is 10.2 Å². The fourth-order valence-corrected chi connectivity index (χ4v) is 5.31. The lowest BCUT2D eigenvalue weighted by Gasteiger charge is -2.34. The number of rotatable bonds is 4. The first-order valence-corrected chi connectivity index (χ1v) is 11.3. The molecule has 1 aromatic heterocycles. The number of nitrogens with zero attached hydrogens (tertiary/aromatic N) is 3.